The maximum atomic E-state index is 11.9. The third-order valence-corrected chi connectivity index (χ3v) is 3.57. The van der Waals surface area contributed by atoms with Crippen molar-refractivity contribution in [3.8, 4) is 0 Å². The largest absolute Gasteiger partial charge is 0.399 e. The quantitative estimate of drug-likeness (QED) is 0.832. The fourth-order valence-corrected chi connectivity index (χ4v) is 1.87. The van der Waals surface area contributed by atoms with Gasteiger partial charge in [-0.3, -0.25) is 14.3 Å². The van der Waals surface area contributed by atoms with Crippen LogP contribution in [0.25, 0.3) is 0 Å². The third kappa shape index (κ3) is 2.63. The van der Waals surface area contributed by atoms with Crippen molar-refractivity contribution in [2.45, 2.75) is 13.5 Å². The van der Waals surface area contributed by atoms with Gasteiger partial charge in [0.05, 0.1) is 27.8 Å². The molecule has 0 saturated carbocycles. The topological polar surface area (TPSA) is 73.8 Å². The van der Waals surface area contributed by atoms with Crippen LogP contribution in [0.15, 0.2) is 29.5 Å². The Labute approximate surface area is 112 Å². The number of halogens is 1. The third-order valence-electron chi connectivity index (χ3n) is 2.33. The summed E-state index contributed by atoms with van der Waals surface area (Å²) in [6.45, 7) is 2.19. The van der Waals surface area contributed by atoms with Crippen molar-refractivity contribution in [2.24, 2.45) is 0 Å². The molecule has 0 unspecified atom stereocenters. The summed E-state index contributed by atoms with van der Waals surface area (Å²) in [5.41, 5.74) is 7.73. The van der Waals surface area contributed by atoms with Crippen molar-refractivity contribution < 1.29 is 0 Å². The summed E-state index contributed by atoms with van der Waals surface area (Å²) < 4.78 is 2.16. The Morgan fingerprint density at radius 1 is 1.47 bits per heavy atom. The molecule has 0 aliphatic rings. The van der Waals surface area contributed by atoms with E-state index >= 15 is 0 Å². The molecule has 0 bridgehead atoms. The molecule has 0 atom stereocenters. The van der Waals surface area contributed by atoms with E-state index in [1.54, 1.807) is 18.3 Å². The predicted octanol–water partition coefficient (Wildman–Crippen LogP) is 1.18. The maximum absolute atomic E-state index is 11.9. The second-order valence-electron chi connectivity index (χ2n) is 3.66. The van der Waals surface area contributed by atoms with Crippen molar-refractivity contribution in [1.82, 2.24) is 14.5 Å². The molecule has 0 amide bonds. The zero-order chi connectivity index (χ0) is 12.4. The normalized spacial score (nSPS) is 10.5. The van der Waals surface area contributed by atoms with Gasteiger partial charge in [-0.1, -0.05) is 0 Å². The lowest BCUT2D eigenvalue weighted by Crippen LogP contribution is -2.24. The van der Waals surface area contributed by atoms with E-state index in [0.717, 1.165) is 11.4 Å². The minimum atomic E-state index is -0.0534. The lowest BCUT2D eigenvalue weighted by atomic mass is 10.3. The Morgan fingerprint density at radius 2 is 2.24 bits per heavy atom. The molecule has 2 N–H and O–H groups in total. The molecule has 0 aromatic carbocycles. The van der Waals surface area contributed by atoms with Gasteiger partial charge in [-0.2, -0.15) is 0 Å². The number of nitrogens with zero attached hydrogens (tertiary/aromatic N) is 3. The zero-order valence-corrected chi connectivity index (χ0v) is 11.4. The summed E-state index contributed by atoms with van der Waals surface area (Å²) in [6, 6.07) is 3.46. The van der Waals surface area contributed by atoms with E-state index in [9.17, 15) is 4.79 Å². The first kappa shape index (κ1) is 12.0. The van der Waals surface area contributed by atoms with Gasteiger partial charge in [0, 0.05) is 11.9 Å². The van der Waals surface area contributed by atoms with Crippen LogP contribution in [0.2, 0.25) is 0 Å². The molecule has 0 fully saturated rings. The van der Waals surface area contributed by atoms with E-state index < -0.39 is 0 Å². The molecule has 0 radical (unpaired) electrons. The molecule has 2 rings (SSSR count). The number of nitrogen functional groups attached to an aromatic ring is 1. The molecule has 17 heavy (non-hydrogen) atoms. The summed E-state index contributed by atoms with van der Waals surface area (Å²) in [5.74, 6) is 0. The lowest BCUT2D eigenvalue weighted by molar-refractivity contribution is 0.708. The molecule has 6 heteroatoms. The first-order valence-corrected chi connectivity index (χ1v) is 6.08. The van der Waals surface area contributed by atoms with Gasteiger partial charge in [-0.15, -0.1) is 0 Å². The summed E-state index contributed by atoms with van der Waals surface area (Å²) in [7, 11) is 0. The number of aromatic nitrogens is 3. The highest BCUT2D eigenvalue weighted by atomic mass is 127. The second kappa shape index (κ2) is 4.82. The number of nitrogens with two attached hydrogens (primary N) is 1. The van der Waals surface area contributed by atoms with E-state index in [1.165, 1.54) is 10.9 Å². The predicted molar refractivity (Wildman–Crippen MR) is 73.7 cm³/mol. The molecule has 2 aromatic heterocycles. The van der Waals surface area contributed by atoms with Crippen LogP contribution in [-0.4, -0.2) is 14.5 Å². The molecule has 0 aliphatic carbocycles. The number of hydrogen-bond donors (Lipinski definition) is 1. The molecule has 88 valence electrons. The van der Waals surface area contributed by atoms with Crippen LogP contribution in [0.1, 0.15) is 11.4 Å². The highest BCUT2D eigenvalue weighted by Crippen LogP contribution is 2.05. The second-order valence-corrected chi connectivity index (χ2v) is 4.74. The van der Waals surface area contributed by atoms with Crippen LogP contribution in [-0.2, 0) is 6.54 Å². The van der Waals surface area contributed by atoms with Gasteiger partial charge >= 0.3 is 0 Å². The summed E-state index contributed by atoms with van der Waals surface area (Å²) in [5, 5.41) is 0. The highest BCUT2D eigenvalue weighted by Gasteiger charge is 2.06. The van der Waals surface area contributed by atoms with Crippen LogP contribution >= 0.6 is 22.6 Å². The van der Waals surface area contributed by atoms with Crippen molar-refractivity contribution in [3.05, 3.63) is 50.0 Å². The number of rotatable bonds is 2. The molecule has 0 aliphatic heterocycles. The fourth-order valence-electron chi connectivity index (χ4n) is 1.42. The van der Waals surface area contributed by atoms with Crippen molar-refractivity contribution >= 4 is 28.3 Å². The Bertz CT molecular complexity index is 609. The molecule has 0 spiro atoms. The first-order chi connectivity index (χ1) is 8.08. The SMILES string of the molecule is Cc1ncn(Cc2cc(N)ccn2)c(=O)c1I. The van der Waals surface area contributed by atoms with Crippen molar-refractivity contribution in [2.75, 3.05) is 5.73 Å². The summed E-state index contributed by atoms with van der Waals surface area (Å²) in [4.78, 5) is 20.2. The number of aryl methyl sites for hydroxylation is 1. The Balaban J connectivity index is 2.37. The van der Waals surface area contributed by atoms with Gasteiger partial charge in [0.15, 0.2) is 0 Å². The molecule has 5 nitrogen and oxygen atoms in total. The van der Waals surface area contributed by atoms with Gasteiger partial charge in [-0.05, 0) is 41.6 Å². The van der Waals surface area contributed by atoms with Crippen LogP contribution in [0.3, 0.4) is 0 Å². The number of anilines is 1. The van der Waals surface area contributed by atoms with E-state index in [2.05, 4.69) is 9.97 Å². The standard InChI is InChI=1S/C11H11IN4O/c1-7-10(12)11(17)16(6-15-7)5-9-4-8(13)2-3-14-9/h2-4,6H,5H2,1H3,(H2,13,14). The minimum Gasteiger partial charge on any atom is -0.399 e. The van der Waals surface area contributed by atoms with Crippen LogP contribution in [0.4, 0.5) is 5.69 Å². The first-order valence-electron chi connectivity index (χ1n) is 5.00. The average Bonchev–Trinajstić information content (AvgIpc) is 2.30. The smallest absolute Gasteiger partial charge is 0.267 e. The van der Waals surface area contributed by atoms with Gasteiger partial charge in [0.2, 0.25) is 0 Å². The van der Waals surface area contributed by atoms with Crippen LogP contribution < -0.4 is 11.3 Å². The Morgan fingerprint density at radius 3 is 2.94 bits per heavy atom. The van der Waals surface area contributed by atoms with Gasteiger partial charge in [0.1, 0.15) is 0 Å². The zero-order valence-electron chi connectivity index (χ0n) is 9.22. The van der Waals surface area contributed by atoms with Crippen LogP contribution in [0, 0.1) is 10.5 Å². The number of pyridine rings is 1. The molecular formula is C11H11IN4O. The van der Waals surface area contributed by atoms with Gasteiger partial charge in [-0.25, -0.2) is 4.98 Å². The summed E-state index contributed by atoms with van der Waals surface area (Å²) >= 11 is 2.00. The Hall–Kier alpha value is -1.44. The van der Waals surface area contributed by atoms with Gasteiger partial charge < -0.3 is 5.73 Å². The van der Waals surface area contributed by atoms with E-state index in [0.29, 0.717) is 15.8 Å². The van der Waals surface area contributed by atoms with Crippen molar-refractivity contribution in [3.63, 3.8) is 0 Å². The number of hydrogen-bond acceptors (Lipinski definition) is 4. The molecule has 0 saturated heterocycles. The van der Waals surface area contributed by atoms with Crippen LogP contribution in [0.5, 0.6) is 0 Å². The maximum Gasteiger partial charge on any atom is 0.267 e. The Kier molecular flexibility index (Phi) is 3.41. The van der Waals surface area contributed by atoms with E-state index in [4.69, 9.17) is 5.73 Å². The van der Waals surface area contributed by atoms with Crippen molar-refractivity contribution in [1.29, 1.82) is 0 Å². The summed E-state index contributed by atoms with van der Waals surface area (Å²) in [6.07, 6.45) is 3.16. The minimum absolute atomic E-state index is 0.0534. The van der Waals surface area contributed by atoms with Gasteiger partial charge in [0.25, 0.3) is 5.56 Å². The monoisotopic (exact) mass is 342 g/mol. The van der Waals surface area contributed by atoms with E-state index in [1.807, 2.05) is 29.5 Å². The molecular weight excluding hydrogens is 331 g/mol. The molecule has 2 heterocycles. The van der Waals surface area contributed by atoms with E-state index in [-0.39, 0.29) is 5.56 Å². The molecule has 2 aromatic rings. The lowest BCUT2D eigenvalue weighted by Gasteiger charge is -2.06. The average molecular weight is 342 g/mol. The fraction of sp³-hybridized carbons (Fsp3) is 0.182. The highest BCUT2D eigenvalue weighted by molar-refractivity contribution is 14.1.